The number of hydrogen-bond donors (Lipinski definition) is 0. The maximum absolute atomic E-state index is 5.75. The molecular weight excluding hydrogens is 250 g/mol. The zero-order chi connectivity index (χ0) is 13.5. The molecule has 0 spiro atoms. The van der Waals surface area contributed by atoms with Crippen molar-refractivity contribution in [3.05, 3.63) is 65.7 Å². The van der Waals surface area contributed by atoms with Crippen molar-refractivity contribution in [2.45, 2.75) is 13.3 Å². The number of furan rings is 1. The van der Waals surface area contributed by atoms with E-state index in [1.165, 1.54) is 5.56 Å². The van der Waals surface area contributed by atoms with Crippen molar-refractivity contribution in [2.75, 3.05) is 0 Å². The van der Waals surface area contributed by atoms with E-state index in [-0.39, 0.29) is 0 Å². The summed E-state index contributed by atoms with van der Waals surface area (Å²) in [7, 11) is 0. The molecule has 4 rings (SSSR count). The first kappa shape index (κ1) is 11.3. The van der Waals surface area contributed by atoms with Crippen LogP contribution in [0.15, 0.2) is 57.4 Å². The van der Waals surface area contributed by atoms with Gasteiger partial charge in [0.05, 0.1) is 0 Å². The SMILES string of the molecule is Cc1cc2cc(Cc3nc4ccccc4o3)ccc2o1. The molecule has 98 valence electrons. The normalized spacial score (nSPS) is 11.4. The van der Waals surface area contributed by atoms with Crippen molar-refractivity contribution in [1.82, 2.24) is 4.98 Å². The lowest BCUT2D eigenvalue weighted by molar-refractivity contribution is 0.544. The Labute approximate surface area is 115 Å². The van der Waals surface area contributed by atoms with Crippen LogP contribution in [0.4, 0.5) is 0 Å². The third kappa shape index (κ3) is 1.88. The second kappa shape index (κ2) is 4.23. The van der Waals surface area contributed by atoms with Gasteiger partial charge in [-0.05, 0) is 42.8 Å². The molecule has 0 saturated heterocycles. The Hall–Kier alpha value is -2.55. The highest BCUT2D eigenvalue weighted by molar-refractivity contribution is 5.78. The zero-order valence-electron chi connectivity index (χ0n) is 11.1. The van der Waals surface area contributed by atoms with Crippen molar-refractivity contribution in [3.63, 3.8) is 0 Å². The number of oxazole rings is 1. The van der Waals surface area contributed by atoms with Crippen molar-refractivity contribution in [2.24, 2.45) is 0 Å². The van der Waals surface area contributed by atoms with Crippen LogP contribution in [-0.2, 0) is 6.42 Å². The highest BCUT2D eigenvalue weighted by Crippen LogP contribution is 2.22. The molecule has 2 aromatic carbocycles. The molecule has 0 amide bonds. The van der Waals surface area contributed by atoms with Gasteiger partial charge in [0.15, 0.2) is 11.5 Å². The second-order valence-electron chi connectivity index (χ2n) is 4.98. The molecule has 3 nitrogen and oxygen atoms in total. The van der Waals surface area contributed by atoms with Gasteiger partial charge in [0.25, 0.3) is 0 Å². The third-order valence-corrected chi connectivity index (χ3v) is 3.40. The molecule has 0 atom stereocenters. The highest BCUT2D eigenvalue weighted by atomic mass is 16.3. The average Bonchev–Trinajstić information content (AvgIpc) is 2.99. The van der Waals surface area contributed by atoms with Crippen molar-refractivity contribution >= 4 is 22.1 Å². The maximum atomic E-state index is 5.75. The van der Waals surface area contributed by atoms with Crippen molar-refractivity contribution < 1.29 is 8.83 Å². The van der Waals surface area contributed by atoms with E-state index in [2.05, 4.69) is 17.1 Å². The van der Waals surface area contributed by atoms with E-state index in [9.17, 15) is 0 Å². The van der Waals surface area contributed by atoms with E-state index >= 15 is 0 Å². The Balaban J connectivity index is 1.72. The second-order valence-corrected chi connectivity index (χ2v) is 4.98. The predicted molar refractivity (Wildman–Crippen MR) is 77.8 cm³/mol. The van der Waals surface area contributed by atoms with E-state index in [4.69, 9.17) is 8.83 Å². The number of hydrogen-bond acceptors (Lipinski definition) is 3. The maximum Gasteiger partial charge on any atom is 0.199 e. The minimum Gasteiger partial charge on any atom is -0.461 e. The van der Waals surface area contributed by atoms with Gasteiger partial charge in [-0.1, -0.05) is 18.2 Å². The summed E-state index contributed by atoms with van der Waals surface area (Å²) in [6.45, 7) is 1.96. The number of fused-ring (bicyclic) bond motifs is 2. The molecule has 0 radical (unpaired) electrons. The summed E-state index contributed by atoms with van der Waals surface area (Å²) in [5.41, 5.74) is 3.83. The first-order valence-corrected chi connectivity index (χ1v) is 6.61. The molecule has 0 aliphatic rings. The quantitative estimate of drug-likeness (QED) is 0.535. The van der Waals surface area contributed by atoms with Crippen LogP contribution in [0, 0.1) is 6.92 Å². The van der Waals surface area contributed by atoms with Crippen LogP contribution in [0.5, 0.6) is 0 Å². The Morgan fingerprint density at radius 1 is 0.950 bits per heavy atom. The summed E-state index contributed by atoms with van der Waals surface area (Å²) in [4.78, 5) is 4.50. The molecule has 20 heavy (non-hydrogen) atoms. The van der Waals surface area contributed by atoms with Gasteiger partial charge in [-0.3, -0.25) is 0 Å². The monoisotopic (exact) mass is 263 g/mol. The molecule has 0 N–H and O–H groups in total. The number of rotatable bonds is 2. The first-order chi connectivity index (χ1) is 9.78. The molecule has 4 aromatic rings. The third-order valence-electron chi connectivity index (χ3n) is 3.40. The smallest absolute Gasteiger partial charge is 0.199 e. The van der Waals surface area contributed by atoms with Gasteiger partial charge in [0.2, 0.25) is 0 Å². The summed E-state index contributed by atoms with van der Waals surface area (Å²) >= 11 is 0. The van der Waals surface area contributed by atoms with Crippen molar-refractivity contribution in [1.29, 1.82) is 0 Å². The highest BCUT2D eigenvalue weighted by Gasteiger charge is 2.07. The molecular formula is C17H13NO2. The van der Waals surface area contributed by atoms with Crippen LogP contribution in [-0.4, -0.2) is 4.98 Å². The number of nitrogens with zero attached hydrogens (tertiary/aromatic N) is 1. The van der Waals surface area contributed by atoms with Crippen LogP contribution in [0.2, 0.25) is 0 Å². The summed E-state index contributed by atoms with van der Waals surface area (Å²) in [5, 5.41) is 1.12. The molecule has 2 aromatic heterocycles. The number of aryl methyl sites for hydroxylation is 1. The molecule has 0 bridgehead atoms. The lowest BCUT2D eigenvalue weighted by Gasteiger charge is -1.97. The molecule has 2 heterocycles. The first-order valence-electron chi connectivity index (χ1n) is 6.61. The van der Waals surface area contributed by atoms with Gasteiger partial charge in [-0.25, -0.2) is 4.98 Å². The van der Waals surface area contributed by atoms with Gasteiger partial charge < -0.3 is 8.83 Å². The zero-order valence-corrected chi connectivity index (χ0v) is 11.1. The predicted octanol–water partition coefficient (Wildman–Crippen LogP) is 4.47. The Morgan fingerprint density at radius 2 is 1.85 bits per heavy atom. The Bertz CT molecular complexity index is 869. The standard InChI is InChI=1S/C17H13NO2/c1-11-8-13-9-12(6-7-15(13)19-11)10-17-18-14-4-2-3-5-16(14)20-17/h2-9H,10H2,1H3. The lowest BCUT2D eigenvalue weighted by atomic mass is 10.1. The van der Waals surface area contributed by atoms with Gasteiger partial charge in [0.1, 0.15) is 16.9 Å². The minimum absolute atomic E-state index is 0.689. The molecule has 0 fully saturated rings. The van der Waals surface area contributed by atoms with Crippen LogP contribution in [0.1, 0.15) is 17.2 Å². The average molecular weight is 263 g/mol. The van der Waals surface area contributed by atoms with E-state index < -0.39 is 0 Å². The number of benzene rings is 2. The molecule has 0 aliphatic heterocycles. The Morgan fingerprint density at radius 3 is 2.75 bits per heavy atom. The van der Waals surface area contributed by atoms with E-state index in [0.717, 1.165) is 33.7 Å². The van der Waals surface area contributed by atoms with Gasteiger partial charge in [-0.15, -0.1) is 0 Å². The molecule has 3 heteroatoms. The Kier molecular flexibility index (Phi) is 2.39. The number of aromatic nitrogens is 1. The summed E-state index contributed by atoms with van der Waals surface area (Å²) in [5.74, 6) is 1.67. The van der Waals surface area contributed by atoms with Crippen LogP contribution in [0.25, 0.3) is 22.1 Å². The fourth-order valence-corrected chi connectivity index (χ4v) is 2.51. The lowest BCUT2D eigenvalue weighted by Crippen LogP contribution is -1.87. The topological polar surface area (TPSA) is 39.2 Å². The summed E-state index contributed by atoms with van der Waals surface area (Å²) in [6.07, 6.45) is 0.689. The van der Waals surface area contributed by atoms with E-state index in [1.807, 2.05) is 43.3 Å². The fraction of sp³-hybridized carbons (Fsp3) is 0.118. The largest absolute Gasteiger partial charge is 0.461 e. The van der Waals surface area contributed by atoms with Crippen molar-refractivity contribution in [3.8, 4) is 0 Å². The van der Waals surface area contributed by atoms with Gasteiger partial charge >= 0.3 is 0 Å². The molecule has 0 saturated carbocycles. The van der Waals surface area contributed by atoms with Gasteiger partial charge in [0, 0.05) is 11.8 Å². The van der Waals surface area contributed by atoms with Crippen LogP contribution >= 0.6 is 0 Å². The van der Waals surface area contributed by atoms with Crippen LogP contribution < -0.4 is 0 Å². The number of para-hydroxylation sites is 2. The molecule has 0 aliphatic carbocycles. The van der Waals surface area contributed by atoms with E-state index in [0.29, 0.717) is 6.42 Å². The molecule has 0 unspecified atom stereocenters. The van der Waals surface area contributed by atoms with E-state index in [1.54, 1.807) is 0 Å². The van der Waals surface area contributed by atoms with Gasteiger partial charge in [-0.2, -0.15) is 0 Å². The van der Waals surface area contributed by atoms with Crippen LogP contribution in [0.3, 0.4) is 0 Å². The minimum atomic E-state index is 0.689. The fourth-order valence-electron chi connectivity index (χ4n) is 2.51. The summed E-state index contributed by atoms with van der Waals surface area (Å²) in [6, 6.07) is 16.1. The summed E-state index contributed by atoms with van der Waals surface area (Å²) < 4.78 is 11.3.